The predicted molar refractivity (Wildman–Crippen MR) is 114 cm³/mol. The maximum absolute atomic E-state index is 12.9. The molecule has 30 heavy (non-hydrogen) atoms. The van der Waals surface area contributed by atoms with Gasteiger partial charge >= 0.3 is 12.1 Å². The van der Waals surface area contributed by atoms with Crippen LogP contribution < -0.4 is 15.0 Å². The molecule has 160 valence electrons. The summed E-state index contributed by atoms with van der Waals surface area (Å²) >= 11 is 1.54. The van der Waals surface area contributed by atoms with Gasteiger partial charge in [-0.2, -0.15) is 0 Å². The molecule has 0 bridgehead atoms. The van der Waals surface area contributed by atoms with E-state index in [0.717, 1.165) is 40.8 Å². The molecule has 0 saturated carbocycles. The molecule has 3 amide bonds. The minimum Gasteiger partial charge on any atom is -0.493 e. The number of anilines is 1. The Labute approximate surface area is 179 Å². The van der Waals surface area contributed by atoms with E-state index in [-0.39, 0.29) is 24.2 Å². The summed E-state index contributed by atoms with van der Waals surface area (Å²) in [7, 11) is 0. The van der Waals surface area contributed by atoms with Crippen molar-refractivity contribution in [3.8, 4) is 5.75 Å². The summed E-state index contributed by atoms with van der Waals surface area (Å²) in [4.78, 5) is 33.8. The van der Waals surface area contributed by atoms with Crippen LogP contribution in [0.15, 0.2) is 12.1 Å². The van der Waals surface area contributed by atoms with Crippen molar-refractivity contribution in [2.45, 2.75) is 57.7 Å². The molecule has 1 N–H and O–H groups in total. The summed E-state index contributed by atoms with van der Waals surface area (Å²) in [5.74, 6) is 0.894. The molecule has 9 heteroatoms. The Morgan fingerprint density at radius 3 is 3.00 bits per heavy atom. The number of carbonyl (C=O) groups excluding carboxylic acids is 2. The topological polar surface area (TPSA) is 84.0 Å². The first kappa shape index (κ1) is 19.4. The van der Waals surface area contributed by atoms with Crippen molar-refractivity contribution in [3.05, 3.63) is 17.7 Å². The van der Waals surface area contributed by atoms with E-state index in [4.69, 9.17) is 14.5 Å². The van der Waals surface area contributed by atoms with Crippen molar-refractivity contribution in [3.63, 3.8) is 0 Å². The SMILES string of the molecule is CC(C)(C)OC(=O)N1CCC[C@@H]2[C@H](C1)NC(=O)N2c1nc2c3c(ccc2s1)OCC3. The normalized spacial score (nSPS) is 23.6. The van der Waals surface area contributed by atoms with Gasteiger partial charge in [0.1, 0.15) is 11.4 Å². The molecule has 0 spiro atoms. The molecule has 1 aromatic carbocycles. The Kier molecular flexibility index (Phi) is 4.53. The Hall–Kier alpha value is -2.55. The monoisotopic (exact) mass is 430 g/mol. The van der Waals surface area contributed by atoms with Crippen molar-refractivity contribution >= 4 is 38.8 Å². The number of benzene rings is 1. The second-order valence-corrected chi connectivity index (χ2v) is 10.1. The number of hydrogen-bond acceptors (Lipinski definition) is 6. The van der Waals surface area contributed by atoms with Gasteiger partial charge in [-0.05, 0) is 45.7 Å². The standard InChI is InChI=1S/C21H26N4O4S/c1-21(2,3)29-20(27)24-9-4-5-14-13(11-24)22-18(26)25(14)19-23-17-12-8-10-28-15(12)6-7-16(17)30-19/h6-7,13-14H,4-5,8-11H2,1-3H3,(H,22,26)/t13-,14+/m0/s1. The van der Waals surface area contributed by atoms with Crippen LogP contribution in [-0.4, -0.2) is 59.4 Å². The Bertz CT molecular complexity index is 1010. The fourth-order valence-corrected chi connectivity index (χ4v) is 5.51. The first-order chi connectivity index (χ1) is 14.3. The predicted octanol–water partition coefficient (Wildman–Crippen LogP) is 3.53. The van der Waals surface area contributed by atoms with Crippen molar-refractivity contribution < 1.29 is 19.1 Å². The number of thiazole rings is 1. The van der Waals surface area contributed by atoms with Gasteiger partial charge in [0.05, 0.1) is 28.9 Å². The van der Waals surface area contributed by atoms with Crippen molar-refractivity contribution in [2.24, 2.45) is 0 Å². The van der Waals surface area contributed by atoms with E-state index in [1.807, 2.05) is 32.9 Å². The van der Waals surface area contributed by atoms with Crippen LogP contribution in [0.4, 0.5) is 14.7 Å². The summed E-state index contributed by atoms with van der Waals surface area (Å²) in [6, 6.07) is 3.68. The highest BCUT2D eigenvalue weighted by molar-refractivity contribution is 7.22. The van der Waals surface area contributed by atoms with E-state index in [9.17, 15) is 9.59 Å². The Morgan fingerprint density at radius 2 is 2.20 bits per heavy atom. The third kappa shape index (κ3) is 3.34. The number of nitrogens with one attached hydrogen (secondary N) is 1. The first-order valence-electron chi connectivity index (χ1n) is 10.4. The van der Waals surface area contributed by atoms with Gasteiger partial charge in [0.25, 0.3) is 0 Å². The van der Waals surface area contributed by atoms with Crippen LogP contribution >= 0.6 is 11.3 Å². The number of carbonyl (C=O) groups is 2. The number of fused-ring (bicyclic) bond motifs is 4. The fourth-order valence-electron chi connectivity index (χ4n) is 4.45. The van der Waals surface area contributed by atoms with Gasteiger partial charge in [0.2, 0.25) is 0 Å². The number of aromatic nitrogens is 1. The van der Waals surface area contributed by atoms with Gasteiger partial charge in [-0.15, -0.1) is 0 Å². The van der Waals surface area contributed by atoms with E-state index in [0.29, 0.717) is 24.8 Å². The molecular weight excluding hydrogens is 404 g/mol. The molecule has 3 aliphatic heterocycles. The van der Waals surface area contributed by atoms with Gasteiger partial charge in [0, 0.05) is 25.1 Å². The maximum Gasteiger partial charge on any atom is 0.410 e. The minimum atomic E-state index is -0.543. The smallest absolute Gasteiger partial charge is 0.410 e. The number of amides is 3. The summed E-state index contributed by atoms with van der Waals surface area (Å²) in [5, 5.41) is 3.78. The number of ether oxygens (including phenoxy) is 2. The van der Waals surface area contributed by atoms with Crippen molar-refractivity contribution in [2.75, 3.05) is 24.6 Å². The lowest BCUT2D eigenvalue weighted by atomic mass is 10.1. The van der Waals surface area contributed by atoms with E-state index < -0.39 is 5.60 Å². The summed E-state index contributed by atoms with van der Waals surface area (Å²) in [5.41, 5.74) is 1.52. The van der Waals surface area contributed by atoms with Crippen molar-refractivity contribution in [1.29, 1.82) is 0 Å². The largest absolute Gasteiger partial charge is 0.493 e. The molecule has 4 heterocycles. The molecule has 3 aliphatic rings. The zero-order valence-electron chi connectivity index (χ0n) is 17.4. The van der Waals surface area contributed by atoms with Gasteiger partial charge in [-0.3, -0.25) is 4.90 Å². The average molecular weight is 431 g/mol. The van der Waals surface area contributed by atoms with Gasteiger partial charge in [0.15, 0.2) is 5.13 Å². The lowest BCUT2D eigenvalue weighted by molar-refractivity contribution is 0.0246. The molecule has 5 rings (SSSR count). The van der Waals surface area contributed by atoms with E-state index in [2.05, 4.69) is 5.32 Å². The van der Waals surface area contributed by atoms with Crippen LogP contribution in [0.5, 0.6) is 5.75 Å². The van der Waals surface area contributed by atoms with Crippen LogP contribution in [-0.2, 0) is 11.2 Å². The minimum absolute atomic E-state index is 0.0326. The van der Waals surface area contributed by atoms with Crippen LogP contribution in [0.1, 0.15) is 39.2 Å². The van der Waals surface area contributed by atoms with E-state index in [1.54, 1.807) is 9.80 Å². The highest BCUT2D eigenvalue weighted by Gasteiger charge is 2.44. The first-order valence-corrected chi connectivity index (χ1v) is 11.2. The van der Waals surface area contributed by atoms with Crippen LogP contribution in [0.3, 0.4) is 0 Å². The molecular formula is C21H26N4O4S. The summed E-state index contributed by atoms with van der Waals surface area (Å²) in [6.45, 7) is 7.32. The Balaban J connectivity index is 1.40. The van der Waals surface area contributed by atoms with Crippen LogP contribution in [0, 0.1) is 0 Å². The molecule has 2 aromatic rings. The van der Waals surface area contributed by atoms with Gasteiger partial charge in [-0.1, -0.05) is 11.3 Å². The number of urea groups is 1. The van der Waals surface area contributed by atoms with Gasteiger partial charge in [-0.25, -0.2) is 14.6 Å². The highest BCUT2D eigenvalue weighted by atomic mass is 32.1. The van der Waals surface area contributed by atoms with Gasteiger partial charge < -0.3 is 19.7 Å². The fraction of sp³-hybridized carbons (Fsp3) is 0.571. The third-order valence-corrected chi connectivity index (χ3v) is 6.77. The molecule has 2 saturated heterocycles. The third-order valence-electron chi connectivity index (χ3n) is 5.75. The zero-order chi connectivity index (χ0) is 21.0. The molecule has 1 aromatic heterocycles. The van der Waals surface area contributed by atoms with E-state index in [1.165, 1.54) is 11.3 Å². The Morgan fingerprint density at radius 1 is 1.37 bits per heavy atom. The number of likely N-dealkylation sites (tertiary alicyclic amines) is 1. The number of hydrogen-bond donors (Lipinski definition) is 1. The molecule has 2 atom stereocenters. The molecule has 8 nitrogen and oxygen atoms in total. The summed E-state index contributed by atoms with van der Waals surface area (Å²) in [6.07, 6.45) is 2.13. The molecule has 0 aliphatic carbocycles. The van der Waals surface area contributed by atoms with Crippen LogP contribution in [0.25, 0.3) is 10.2 Å². The lowest BCUT2D eigenvalue weighted by Gasteiger charge is -2.28. The van der Waals surface area contributed by atoms with Crippen LogP contribution in [0.2, 0.25) is 0 Å². The maximum atomic E-state index is 12.9. The average Bonchev–Trinajstić information content (AvgIpc) is 3.32. The molecule has 0 unspecified atom stereocenters. The second-order valence-electron chi connectivity index (χ2n) is 9.05. The lowest BCUT2D eigenvalue weighted by Crippen LogP contribution is -2.45. The highest BCUT2D eigenvalue weighted by Crippen LogP contribution is 2.39. The number of rotatable bonds is 1. The molecule has 0 radical (unpaired) electrons. The zero-order valence-corrected chi connectivity index (χ0v) is 18.3. The second kappa shape index (κ2) is 7.01. The molecule has 2 fully saturated rings. The summed E-state index contributed by atoms with van der Waals surface area (Å²) < 4.78 is 12.3. The quantitative estimate of drug-likeness (QED) is 0.748. The number of nitrogens with zero attached hydrogens (tertiary/aromatic N) is 3. The van der Waals surface area contributed by atoms with E-state index >= 15 is 0 Å². The van der Waals surface area contributed by atoms with Crippen molar-refractivity contribution in [1.82, 2.24) is 15.2 Å².